The summed E-state index contributed by atoms with van der Waals surface area (Å²) in [7, 11) is 0. The van der Waals surface area contributed by atoms with Crippen molar-refractivity contribution in [2.45, 2.75) is 44.3 Å². The predicted octanol–water partition coefficient (Wildman–Crippen LogP) is 3.44. The molecule has 0 aliphatic carbocycles. The SMILES string of the molecule is CC(SC(=O)OCOC(=O)c1ccccc1)C(=O)CCC(=O)OCCN1CCCCC1. The van der Waals surface area contributed by atoms with E-state index in [0.717, 1.165) is 13.1 Å². The van der Waals surface area contributed by atoms with Crippen LogP contribution in [0.3, 0.4) is 0 Å². The zero-order valence-corrected chi connectivity index (χ0v) is 18.6. The number of thioether (sulfide) groups is 1. The first-order valence-electron chi connectivity index (χ1n) is 10.4. The van der Waals surface area contributed by atoms with Gasteiger partial charge in [-0.1, -0.05) is 24.6 Å². The second kappa shape index (κ2) is 13.8. The molecule has 1 unspecified atom stereocenters. The number of carbonyl (C=O) groups excluding carboxylic acids is 4. The van der Waals surface area contributed by atoms with Crippen LogP contribution in [0.2, 0.25) is 0 Å². The zero-order chi connectivity index (χ0) is 22.5. The molecule has 1 aromatic carbocycles. The molecule has 0 N–H and O–H groups in total. The second-order valence-electron chi connectivity index (χ2n) is 7.16. The molecule has 1 heterocycles. The average Bonchev–Trinajstić information content (AvgIpc) is 2.78. The van der Waals surface area contributed by atoms with Crippen LogP contribution in [0.4, 0.5) is 4.79 Å². The van der Waals surface area contributed by atoms with Crippen LogP contribution >= 0.6 is 11.8 Å². The standard InChI is InChI=1S/C22H29NO7S/c1-17(31-22(27)30-16-29-21(26)18-8-4-2-5-9-18)19(24)10-11-20(25)28-15-14-23-12-6-3-7-13-23/h2,4-5,8-9,17H,3,6-7,10-16H2,1H3. The second-order valence-corrected chi connectivity index (χ2v) is 8.44. The van der Waals surface area contributed by atoms with Gasteiger partial charge in [0.2, 0.25) is 6.79 Å². The van der Waals surface area contributed by atoms with Gasteiger partial charge in [-0.3, -0.25) is 14.5 Å². The summed E-state index contributed by atoms with van der Waals surface area (Å²) in [5.74, 6) is -1.28. The van der Waals surface area contributed by atoms with Crippen molar-refractivity contribution in [3.05, 3.63) is 35.9 Å². The van der Waals surface area contributed by atoms with Gasteiger partial charge < -0.3 is 14.2 Å². The van der Waals surface area contributed by atoms with Crippen LogP contribution in [0.25, 0.3) is 0 Å². The van der Waals surface area contributed by atoms with Crippen molar-refractivity contribution in [2.75, 3.05) is 33.0 Å². The number of hydrogen-bond acceptors (Lipinski definition) is 9. The van der Waals surface area contributed by atoms with E-state index >= 15 is 0 Å². The molecular weight excluding hydrogens is 422 g/mol. The molecule has 31 heavy (non-hydrogen) atoms. The number of esters is 2. The first-order valence-corrected chi connectivity index (χ1v) is 11.3. The highest BCUT2D eigenvalue weighted by Gasteiger charge is 2.20. The van der Waals surface area contributed by atoms with Gasteiger partial charge in [0.05, 0.1) is 17.2 Å². The molecule has 1 atom stereocenters. The summed E-state index contributed by atoms with van der Waals surface area (Å²) in [6.07, 6.45) is 3.58. The molecule has 8 nitrogen and oxygen atoms in total. The molecule has 0 spiro atoms. The maximum absolute atomic E-state index is 12.1. The van der Waals surface area contributed by atoms with Gasteiger partial charge in [-0.2, -0.15) is 0 Å². The fraction of sp³-hybridized carbons (Fsp3) is 0.545. The Bertz CT molecular complexity index is 735. The fourth-order valence-electron chi connectivity index (χ4n) is 3.01. The number of rotatable bonds is 11. The monoisotopic (exact) mass is 451 g/mol. The Hall–Kier alpha value is -2.39. The van der Waals surface area contributed by atoms with Gasteiger partial charge in [0.15, 0.2) is 0 Å². The molecule has 0 saturated carbocycles. The first-order chi connectivity index (χ1) is 15.0. The van der Waals surface area contributed by atoms with Crippen molar-refractivity contribution in [1.29, 1.82) is 0 Å². The van der Waals surface area contributed by atoms with Crippen molar-refractivity contribution >= 4 is 34.8 Å². The highest BCUT2D eigenvalue weighted by atomic mass is 32.2. The minimum absolute atomic E-state index is 0.00696. The van der Waals surface area contributed by atoms with E-state index in [-0.39, 0.29) is 18.6 Å². The molecule has 1 aliphatic heterocycles. The lowest BCUT2D eigenvalue weighted by Crippen LogP contribution is -2.33. The topological polar surface area (TPSA) is 99.2 Å². The fourth-order valence-corrected chi connectivity index (χ4v) is 3.66. The van der Waals surface area contributed by atoms with E-state index in [9.17, 15) is 19.2 Å². The van der Waals surface area contributed by atoms with E-state index in [4.69, 9.17) is 14.2 Å². The minimum atomic E-state index is -0.731. The lowest BCUT2D eigenvalue weighted by atomic mass is 10.1. The Morgan fingerprint density at radius 3 is 2.39 bits per heavy atom. The summed E-state index contributed by atoms with van der Waals surface area (Å²) in [6.45, 7) is 4.13. The van der Waals surface area contributed by atoms with E-state index in [1.54, 1.807) is 37.3 Å². The minimum Gasteiger partial charge on any atom is -0.464 e. The summed E-state index contributed by atoms with van der Waals surface area (Å²) < 4.78 is 14.9. The normalized spacial score (nSPS) is 15.0. The van der Waals surface area contributed by atoms with Crippen LogP contribution in [-0.2, 0) is 23.8 Å². The number of carbonyl (C=O) groups is 4. The highest BCUT2D eigenvalue weighted by Crippen LogP contribution is 2.17. The first kappa shape index (κ1) is 24.9. The molecule has 0 radical (unpaired) electrons. The number of hydrogen-bond donors (Lipinski definition) is 0. The largest absolute Gasteiger partial charge is 0.464 e. The molecule has 9 heteroatoms. The summed E-state index contributed by atoms with van der Waals surface area (Å²) in [5, 5.41) is -1.41. The zero-order valence-electron chi connectivity index (χ0n) is 17.7. The third-order valence-electron chi connectivity index (χ3n) is 4.80. The van der Waals surface area contributed by atoms with E-state index in [0.29, 0.717) is 30.5 Å². The molecule has 2 rings (SSSR count). The van der Waals surface area contributed by atoms with Crippen molar-refractivity contribution in [2.24, 2.45) is 0 Å². The molecule has 1 saturated heterocycles. The Kier molecular flexibility index (Phi) is 11.1. The lowest BCUT2D eigenvalue weighted by Gasteiger charge is -2.25. The molecule has 0 amide bonds. The van der Waals surface area contributed by atoms with Gasteiger partial charge in [0.1, 0.15) is 12.4 Å². The molecule has 0 aromatic heterocycles. The molecule has 1 aliphatic rings. The number of benzene rings is 1. The number of ether oxygens (including phenoxy) is 3. The lowest BCUT2D eigenvalue weighted by molar-refractivity contribution is -0.145. The maximum Gasteiger partial charge on any atom is 0.370 e. The number of likely N-dealkylation sites (tertiary alicyclic amines) is 1. The van der Waals surface area contributed by atoms with Crippen LogP contribution < -0.4 is 0 Å². The van der Waals surface area contributed by atoms with Gasteiger partial charge in [-0.15, -0.1) is 0 Å². The number of Topliss-reactive ketones (excluding diaryl/α,β-unsaturated/α-hetero) is 1. The van der Waals surface area contributed by atoms with Crippen LogP contribution in [0, 0.1) is 0 Å². The van der Waals surface area contributed by atoms with E-state index in [1.165, 1.54) is 19.3 Å². The maximum atomic E-state index is 12.1. The van der Waals surface area contributed by atoms with E-state index in [2.05, 4.69) is 4.90 Å². The molecule has 0 bridgehead atoms. The van der Waals surface area contributed by atoms with Crippen LogP contribution in [0.15, 0.2) is 30.3 Å². The van der Waals surface area contributed by atoms with Crippen molar-refractivity contribution < 1.29 is 33.4 Å². The predicted molar refractivity (Wildman–Crippen MR) is 116 cm³/mol. The molecular formula is C22H29NO7S. The smallest absolute Gasteiger partial charge is 0.370 e. The van der Waals surface area contributed by atoms with Crippen molar-refractivity contribution in [3.8, 4) is 0 Å². The Labute approximate surface area is 186 Å². The van der Waals surface area contributed by atoms with Gasteiger partial charge in [-0.05, 0) is 56.7 Å². The van der Waals surface area contributed by atoms with Gasteiger partial charge >= 0.3 is 17.2 Å². The molecule has 170 valence electrons. The number of piperidine rings is 1. The van der Waals surface area contributed by atoms with Gasteiger partial charge in [0.25, 0.3) is 0 Å². The third kappa shape index (κ3) is 9.97. The quantitative estimate of drug-likeness (QED) is 0.370. The summed E-state index contributed by atoms with van der Waals surface area (Å²) in [5.41, 5.74) is 0.345. The van der Waals surface area contributed by atoms with Crippen molar-refractivity contribution in [3.63, 3.8) is 0 Å². The third-order valence-corrected chi connectivity index (χ3v) is 5.72. The Morgan fingerprint density at radius 1 is 0.968 bits per heavy atom. The summed E-state index contributed by atoms with van der Waals surface area (Å²) in [4.78, 5) is 49.8. The van der Waals surface area contributed by atoms with Gasteiger partial charge in [0, 0.05) is 13.0 Å². The summed E-state index contributed by atoms with van der Waals surface area (Å²) in [6, 6.07) is 8.31. The molecule has 1 fully saturated rings. The van der Waals surface area contributed by atoms with Crippen molar-refractivity contribution in [1.82, 2.24) is 4.90 Å². The Morgan fingerprint density at radius 2 is 1.68 bits per heavy atom. The number of ketones is 1. The molecule has 1 aromatic rings. The van der Waals surface area contributed by atoms with Crippen LogP contribution in [0.5, 0.6) is 0 Å². The van der Waals surface area contributed by atoms with E-state index < -0.39 is 29.3 Å². The average molecular weight is 452 g/mol. The number of nitrogens with zero attached hydrogens (tertiary/aromatic N) is 1. The van der Waals surface area contributed by atoms with E-state index in [1.807, 2.05) is 0 Å². The summed E-state index contributed by atoms with van der Waals surface area (Å²) >= 11 is 0.683. The van der Waals surface area contributed by atoms with Gasteiger partial charge in [-0.25, -0.2) is 9.59 Å². The highest BCUT2D eigenvalue weighted by molar-refractivity contribution is 8.14. The van der Waals surface area contributed by atoms with Crippen LogP contribution in [0.1, 0.15) is 49.4 Å². The Balaban J connectivity index is 1.55. The van der Waals surface area contributed by atoms with Crippen LogP contribution in [-0.4, -0.2) is 66.2 Å².